The van der Waals surface area contributed by atoms with Crippen LogP contribution in [0.1, 0.15) is 12.5 Å². The SMILES string of the molecule is COc1cccc2sc(NC(=O)Cc3ccc(NC(C)=O)cc3)nc12. The lowest BCUT2D eigenvalue weighted by Gasteiger charge is -2.05. The first-order chi connectivity index (χ1) is 12.0. The molecular weight excluding hydrogens is 338 g/mol. The summed E-state index contributed by atoms with van der Waals surface area (Å²) in [6.45, 7) is 1.45. The first-order valence-electron chi connectivity index (χ1n) is 7.65. The molecule has 0 bridgehead atoms. The van der Waals surface area contributed by atoms with Crippen molar-refractivity contribution in [1.29, 1.82) is 0 Å². The monoisotopic (exact) mass is 355 g/mol. The Morgan fingerprint density at radius 2 is 1.88 bits per heavy atom. The quantitative estimate of drug-likeness (QED) is 0.735. The van der Waals surface area contributed by atoms with E-state index in [1.807, 2.05) is 30.3 Å². The molecule has 0 aliphatic heterocycles. The molecular formula is C18H17N3O3S. The van der Waals surface area contributed by atoms with Gasteiger partial charge in [-0.2, -0.15) is 0 Å². The van der Waals surface area contributed by atoms with Gasteiger partial charge in [-0.25, -0.2) is 4.98 Å². The van der Waals surface area contributed by atoms with Gasteiger partial charge in [-0.3, -0.25) is 9.59 Å². The molecule has 3 rings (SSSR count). The fourth-order valence-electron chi connectivity index (χ4n) is 2.40. The Labute approximate surface area is 148 Å². The molecule has 0 aliphatic carbocycles. The van der Waals surface area contributed by atoms with Gasteiger partial charge in [0.05, 0.1) is 18.2 Å². The summed E-state index contributed by atoms with van der Waals surface area (Å²) in [4.78, 5) is 27.7. The lowest BCUT2D eigenvalue weighted by atomic mass is 10.1. The second-order valence-corrected chi connectivity index (χ2v) is 6.46. The van der Waals surface area contributed by atoms with E-state index in [1.54, 1.807) is 19.2 Å². The van der Waals surface area contributed by atoms with Gasteiger partial charge < -0.3 is 15.4 Å². The number of hydrogen-bond donors (Lipinski definition) is 2. The maximum Gasteiger partial charge on any atom is 0.230 e. The maximum absolute atomic E-state index is 12.2. The van der Waals surface area contributed by atoms with E-state index in [2.05, 4.69) is 15.6 Å². The molecule has 1 heterocycles. The van der Waals surface area contributed by atoms with Gasteiger partial charge in [0.1, 0.15) is 11.3 Å². The van der Waals surface area contributed by atoms with Gasteiger partial charge in [0.15, 0.2) is 5.13 Å². The Hall–Kier alpha value is -2.93. The van der Waals surface area contributed by atoms with Crippen molar-refractivity contribution >= 4 is 44.2 Å². The van der Waals surface area contributed by atoms with Crippen molar-refractivity contribution in [3.8, 4) is 5.75 Å². The van der Waals surface area contributed by atoms with Crippen LogP contribution in [0.5, 0.6) is 5.75 Å². The Balaban J connectivity index is 1.67. The highest BCUT2D eigenvalue weighted by atomic mass is 32.1. The van der Waals surface area contributed by atoms with Gasteiger partial charge >= 0.3 is 0 Å². The summed E-state index contributed by atoms with van der Waals surface area (Å²) < 4.78 is 6.23. The standard InChI is InChI=1S/C18H17N3O3S/c1-11(22)19-13-8-6-12(7-9-13)10-16(23)20-18-21-17-14(24-2)4-3-5-15(17)25-18/h3-9H,10H2,1-2H3,(H,19,22)(H,20,21,23). The molecule has 0 saturated carbocycles. The molecule has 128 valence electrons. The number of methoxy groups -OCH3 is 1. The number of rotatable bonds is 5. The minimum Gasteiger partial charge on any atom is -0.494 e. The number of carbonyl (C=O) groups is 2. The van der Waals surface area contributed by atoms with Crippen LogP contribution in [-0.2, 0) is 16.0 Å². The van der Waals surface area contributed by atoms with Crippen LogP contribution >= 0.6 is 11.3 Å². The van der Waals surface area contributed by atoms with Crippen molar-refractivity contribution < 1.29 is 14.3 Å². The molecule has 0 aliphatic rings. The van der Waals surface area contributed by atoms with E-state index < -0.39 is 0 Å². The fraction of sp³-hybridized carbons (Fsp3) is 0.167. The van der Waals surface area contributed by atoms with E-state index in [9.17, 15) is 9.59 Å². The summed E-state index contributed by atoms with van der Waals surface area (Å²) in [6, 6.07) is 12.8. The minimum atomic E-state index is -0.148. The largest absolute Gasteiger partial charge is 0.494 e. The summed E-state index contributed by atoms with van der Waals surface area (Å²) in [7, 11) is 1.59. The van der Waals surface area contributed by atoms with Gasteiger partial charge in [0, 0.05) is 12.6 Å². The molecule has 0 unspecified atom stereocenters. The number of ether oxygens (including phenoxy) is 1. The summed E-state index contributed by atoms with van der Waals surface area (Å²) in [5.41, 5.74) is 2.30. The maximum atomic E-state index is 12.2. The van der Waals surface area contributed by atoms with Crippen molar-refractivity contribution in [1.82, 2.24) is 4.98 Å². The molecule has 3 aromatic rings. The molecule has 0 atom stereocenters. The molecule has 1 aromatic heterocycles. The molecule has 7 heteroatoms. The lowest BCUT2D eigenvalue weighted by molar-refractivity contribution is -0.116. The smallest absolute Gasteiger partial charge is 0.230 e. The molecule has 0 fully saturated rings. The number of thiazole rings is 1. The first-order valence-corrected chi connectivity index (χ1v) is 8.47. The van der Waals surface area contributed by atoms with Crippen molar-refractivity contribution in [2.75, 3.05) is 17.7 Å². The van der Waals surface area contributed by atoms with Gasteiger partial charge in [-0.15, -0.1) is 0 Å². The van der Waals surface area contributed by atoms with E-state index in [1.165, 1.54) is 18.3 Å². The van der Waals surface area contributed by atoms with Gasteiger partial charge in [0.25, 0.3) is 0 Å². The van der Waals surface area contributed by atoms with E-state index >= 15 is 0 Å². The van der Waals surface area contributed by atoms with Crippen LogP contribution in [-0.4, -0.2) is 23.9 Å². The van der Waals surface area contributed by atoms with Crippen molar-refractivity contribution in [3.05, 3.63) is 48.0 Å². The molecule has 6 nitrogen and oxygen atoms in total. The average molecular weight is 355 g/mol. The van der Waals surface area contributed by atoms with E-state index in [-0.39, 0.29) is 18.2 Å². The van der Waals surface area contributed by atoms with Crippen LogP contribution < -0.4 is 15.4 Å². The number of anilines is 2. The van der Waals surface area contributed by atoms with Crippen LogP contribution in [0.15, 0.2) is 42.5 Å². The first kappa shape index (κ1) is 16.9. The zero-order chi connectivity index (χ0) is 17.8. The third-order valence-corrected chi connectivity index (χ3v) is 4.42. The van der Waals surface area contributed by atoms with Gasteiger partial charge in [0.2, 0.25) is 11.8 Å². The van der Waals surface area contributed by atoms with Gasteiger partial charge in [-0.05, 0) is 29.8 Å². The zero-order valence-electron chi connectivity index (χ0n) is 13.8. The van der Waals surface area contributed by atoms with Gasteiger partial charge in [-0.1, -0.05) is 29.5 Å². The fourth-order valence-corrected chi connectivity index (χ4v) is 3.30. The lowest BCUT2D eigenvalue weighted by Crippen LogP contribution is -2.14. The number of benzene rings is 2. The Kier molecular flexibility index (Phi) is 4.95. The normalized spacial score (nSPS) is 10.5. The van der Waals surface area contributed by atoms with E-state index in [0.29, 0.717) is 16.6 Å². The van der Waals surface area contributed by atoms with Crippen LogP contribution in [0.3, 0.4) is 0 Å². The number of nitrogens with zero attached hydrogens (tertiary/aromatic N) is 1. The topological polar surface area (TPSA) is 80.3 Å². The highest BCUT2D eigenvalue weighted by molar-refractivity contribution is 7.22. The third-order valence-electron chi connectivity index (χ3n) is 3.49. The number of carbonyl (C=O) groups excluding carboxylic acids is 2. The van der Waals surface area contributed by atoms with Crippen LogP contribution in [0.2, 0.25) is 0 Å². The number of amides is 2. The summed E-state index contributed by atoms with van der Waals surface area (Å²) in [6.07, 6.45) is 0.230. The molecule has 2 aromatic carbocycles. The summed E-state index contributed by atoms with van der Waals surface area (Å²) >= 11 is 1.40. The zero-order valence-corrected chi connectivity index (χ0v) is 14.6. The van der Waals surface area contributed by atoms with Crippen molar-refractivity contribution in [2.24, 2.45) is 0 Å². The molecule has 2 N–H and O–H groups in total. The number of aromatic nitrogens is 1. The predicted molar refractivity (Wildman–Crippen MR) is 99.3 cm³/mol. The number of hydrogen-bond acceptors (Lipinski definition) is 5. The summed E-state index contributed by atoms with van der Waals surface area (Å²) in [5, 5.41) is 6.05. The number of para-hydroxylation sites is 1. The Morgan fingerprint density at radius 3 is 2.56 bits per heavy atom. The van der Waals surface area contributed by atoms with Crippen molar-refractivity contribution in [2.45, 2.75) is 13.3 Å². The average Bonchev–Trinajstić information content (AvgIpc) is 2.98. The molecule has 0 spiro atoms. The van der Waals surface area contributed by atoms with E-state index in [0.717, 1.165) is 15.8 Å². The molecule has 0 radical (unpaired) electrons. The number of nitrogens with one attached hydrogen (secondary N) is 2. The second kappa shape index (κ2) is 7.31. The highest BCUT2D eigenvalue weighted by Gasteiger charge is 2.11. The van der Waals surface area contributed by atoms with E-state index in [4.69, 9.17) is 4.74 Å². The minimum absolute atomic E-state index is 0.128. The van der Waals surface area contributed by atoms with Crippen molar-refractivity contribution in [3.63, 3.8) is 0 Å². The van der Waals surface area contributed by atoms with Crippen LogP contribution in [0.25, 0.3) is 10.2 Å². The Bertz CT molecular complexity index is 919. The third kappa shape index (κ3) is 4.13. The van der Waals surface area contributed by atoms with Crippen LogP contribution in [0, 0.1) is 0 Å². The Morgan fingerprint density at radius 1 is 1.12 bits per heavy atom. The second-order valence-electron chi connectivity index (χ2n) is 5.43. The van der Waals surface area contributed by atoms with Crippen LogP contribution in [0.4, 0.5) is 10.8 Å². The predicted octanol–water partition coefficient (Wildman–Crippen LogP) is 3.44. The molecule has 2 amide bonds. The summed E-state index contributed by atoms with van der Waals surface area (Å²) in [5.74, 6) is 0.407. The highest BCUT2D eigenvalue weighted by Crippen LogP contribution is 2.32. The molecule has 0 saturated heterocycles. The molecule has 25 heavy (non-hydrogen) atoms. The number of fused-ring (bicyclic) bond motifs is 1.